The van der Waals surface area contributed by atoms with E-state index in [1.807, 2.05) is 36.4 Å². The number of ether oxygens (including phenoxy) is 1. The molecule has 0 N–H and O–H groups in total. The molecular formula is C28H24N2O. The van der Waals surface area contributed by atoms with Crippen LogP contribution in [0.3, 0.4) is 0 Å². The fourth-order valence-corrected chi connectivity index (χ4v) is 3.93. The number of hydrogen-bond donors (Lipinski definition) is 0. The molecule has 0 radical (unpaired) electrons. The van der Waals surface area contributed by atoms with Gasteiger partial charge < -0.3 is 9.30 Å². The second kappa shape index (κ2) is 8.99. The molecule has 0 saturated carbocycles. The molecule has 0 spiro atoms. The van der Waals surface area contributed by atoms with Gasteiger partial charge in [0.25, 0.3) is 0 Å². The van der Waals surface area contributed by atoms with Crippen LogP contribution in [0.15, 0.2) is 115 Å². The van der Waals surface area contributed by atoms with Gasteiger partial charge in [-0.1, -0.05) is 103 Å². The van der Waals surface area contributed by atoms with Gasteiger partial charge in [0.05, 0.1) is 17.6 Å². The third-order valence-corrected chi connectivity index (χ3v) is 5.46. The van der Waals surface area contributed by atoms with Crippen molar-refractivity contribution in [3.05, 3.63) is 138 Å². The van der Waals surface area contributed by atoms with Gasteiger partial charge in [0.15, 0.2) is 0 Å². The van der Waals surface area contributed by atoms with Crippen LogP contribution >= 0.6 is 0 Å². The summed E-state index contributed by atoms with van der Waals surface area (Å²) < 4.78 is 8.81. The van der Waals surface area contributed by atoms with E-state index in [-0.39, 0.29) is 6.10 Å². The third kappa shape index (κ3) is 4.27. The van der Waals surface area contributed by atoms with Gasteiger partial charge >= 0.3 is 0 Å². The average Bonchev–Trinajstić information content (AvgIpc) is 3.19. The van der Waals surface area contributed by atoms with Gasteiger partial charge in [-0.15, -0.1) is 0 Å². The van der Waals surface area contributed by atoms with Crippen molar-refractivity contribution in [3.8, 4) is 0 Å². The Hall–Kier alpha value is -3.69. The predicted molar refractivity (Wildman–Crippen MR) is 125 cm³/mol. The maximum atomic E-state index is 6.52. The average molecular weight is 405 g/mol. The standard InChI is InChI=1S/C28H24N2O/c1-4-12-22(13-5-1)20-30-26-19-11-10-18-25(26)29-28(30)27(24-16-8-3-9-17-24)31-21-23-14-6-2-7-15-23/h1-19,27H,20-21H2/t27-/m1/s1. The quantitative estimate of drug-likeness (QED) is 0.314. The maximum absolute atomic E-state index is 6.52. The van der Waals surface area contributed by atoms with Crippen LogP contribution in [-0.2, 0) is 17.9 Å². The second-order valence-corrected chi connectivity index (χ2v) is 7.62. The summed E-state index contributed by atoms with van der Waals surface area (Å²) in [4.78, 5) is 5.04. The molecule has 3 nitrogen and oxygen atoms in total. The largest absolute Gasteiger partial charge is 0.361 e. The summed E-state index contributed by atoms with van der Waals surface area (Å²) >= 11 is 0. The van der Waals surface area contributed by atoms with Crippen LogP contribution in [0.2, 0.25) is 0 Å². The summed E-state index contributed by atoms with van der Waals surface area (Å²) in [5.41, 5.74) is 5.59. The molecule has 152 valence electrons. The summed E-state index contributed by atoms with van der Waals surface area (Å²) in [5, 5.41) is 0. The van der Waals surface area contributed by atoms with Crippen LogP contribution in [0.25, 0.3) is 11.0 Å². The Morgan fingerprint density at radius 2 is 1.23 bits per heavy atom. The summed E-state index contributed by atoms with van der Waals surface area (Å²) in [7, 11) is 0. The first-order valence-corrected chi connectivity index (χ1v) is 10.6. The lowest BCUT2D eigenvalue weighted by Crippen LogP contribution is -2.14. The molecule has 31 heavy (non-hydrogen) atoms. The van der Waals surface area contributed by atoms with Crippen LogP contribution in [0.5, 0.6) is 0 Å². The smallest absolute Gasteiger partial charge is 0.144 e. The van der Waals surface area contributed by atoms with Gasteiger partial charge in [-0.25, -0.2) is 4.98 Å². The Bertz CT molecular complexity index is 1250. The van der Waals surface area contributed by atoms with Gasteiger partial charge in [-0.2, -0.15) is 0 Å². The Kier molecular flexibility index (Phi) is 5.59. The number of hydrogen-bond acceptors (Lipinski definition) is 2. The molecule has 0 amide bonds. The zero-order valence-electron chi connectivity index (χ0n) is 17.3. The van der Waals surface area contributed by atoms with Gasteiger partial charge in [0.1, 0.15) is 11.9 Å². The molecule has 0 aliphatic heterocycles. The third-order valence-electron chi connectivity index (χ3n) is 5.46. The molecular weight excluding hydrogens is 380 g/mol. The van der Waals surface area contributed by atoms with E-state index >= 15 is 0 Å². The lowest BCUT2D eigenvalue weighted by molar-refractivity contribution is 0.0593. The summed E-state index contributed by atoms with van der Waals surface area (Å²) in [5.74, 6) is 0.923. The van der Waals surface area contributed by atoms with E-state index < -0.39 is 0 Å². The first kappa shape index (κ1) is 19.3. The summed E-state index contributed by atoms with van der Waals surface area (Å²) in [6.45, 7) is 1.27. The van der Waals surface area contributed by atoms with E-state index in [2.05, 4.69) is 83.4 Å². The minimum absolute atomic E-state index is 0.266. The molecule has 3 heteroatoms. The van der Waals surface area contributed by atoms with Gasteiger partial charge in [0.2, 0.25) is 0 Å². The van der Waals surface area contributed by atoms with Crippen molar-refractivity contribution in [2.75, 3.05) is 0 Å². The number of imidazole rings is 1. The number of benzene rings is 4. The first-order chi connectivity index (χ1) is 15.4. The lowest BCUT2D eigenvalue weighted by Gasteiger charge is -2.20. The topological polar surface area (TPSA) is 27.1 Å². The molecule has 0 aliphatic carbocycles. The van der Waals surface area contributed by atoms with Crippen molar-refractivity contribution < 1.29 is 4.74 Å². The number of fused-ring (bicyclic) bond motifs is 1. The van der Waals surface area contributed by atoms with Gasteiger partial charge in [0, 0.05) is 6.54 Å². The van der Waals surface area contributed by atoms with Crippen molar-refractivity contribution in [2.24, 2.45) is 0 Å². The Morgan fingerprint density at radius 3 is 1.94 bits per heavy atom. The highest BCUT2D eigenvalue weighted by Gasteiger charge is 2.23. The Balaban J connectivity index is 1.59. The van der Waals surface area contributed by atoms with E-state index in [4.69, 9.17) is 9.72 Å². The van der Waals surface area contributed by atoms with Gasteiger partial charge in [-0.05, 0) is 28.8 Å². The SMILES string of the molecule is c1ccc(CO[C@H](c2ccccc2)c2nc3ccccc3n2Cc2ccccc2)cc1. The predicted octanol–water partition coefficient (Wildman–Crippen LogP) is 6.39. The van der Waals surface area contributed by atoms with Crippen molar-refractivity contribution in [1.82, 2.24) is 9.55 Å². The van der Waals surface area contributed by atoms with Crippen molar-refractivity contribution in [2.45, 2.75) is 19.3 Å². The van der Waals surface area contributed by atoms with Crippen LogP contribution in [0.4, 0.5) is 0 Å². The molecule has 1 heterocycles. The van der Waals surface area contributed by atoms with Crippen molar-refractivity contribution >= 4 is 11.0 Å². The van der Waals surface area contributed by atoms with E-state index in [9.17, 15) is 0 Å². The fourth-order valence-electron chi connectivity index (χ4n) is 3.93. The molecule has 0 unspecified atom stereocenters. The van der Waals surface area contributed by atoms with Crippen LogP contribution in [-0.4, -0.2) is 9.55 Å². The van der Waals surface area contributed by atoms with Crippen molar-refractivity contribution in [1.29, 1.82) is 0 Å². The minimum Gasteiger partial charge on any atom is -0.361 e. The van der Waals surface area contributed by atoms with Crippen molar-refractivity contribution in [3.63, 3.8) is 0 Å². The monoisotopic (exact) mass is 404 g/mol. The van der Waals surface area contributed by atoms with Gasteiger partial charge in [-0.3, -0.25) is 0 Å². The molecule has 0 saturated heterocycles. The number of para-hydroxylation sites is 2. The van der Waals surface area contributed by atoms with Crippen LogP contribution < -0.4 is 0 Å². The molecule has 4 aromatic carbocycles. The minimum atomic E-state index is -0.266. The summed E-state index contributed by atoms with van der Waals surface area (Å²) in [6.07, 6.45) is -0.266. The highest BCUT2D eigenvalue weighted by Crippen LogP contribution is 2.30. The van der Waals surface area contributed by atoms with E-state index in [0.29, 0.717) is 6.61 Å². The van der Waals surface area contributed by atoms with Crippen LogP contribution in [0, 0.1) is 0 Å². The molecule has 0 fully saturated rings. The molecule has 0 aliphatic rings. The maximum Gasteiger partial charge on any atom is 0.144 e. The molecule has 0 bridgehead atoms. The molecule has 5 aromatic rings. The number of aromatic nitrogens is 2. The zero-order chi connectivity index (χ0) is 20.9. The van der Waals surface area contributed by atoms with E-state index in [1.54, 1.807) is 0 Å². The molecule has 5 rings (SSSR count). The first-order valence-electron chi connectivity index (χ1n) is 10.6. The number of rotatable bonds is 7. The second-order valence-electron chi connectivity index (χ2n) is 7.62. The Morgan fingerprint density at radius 1 is 0.645 bits per heavy atom. The Labute approximate surface area is 182 Å². The van der Waals surface area contributed by atoms with Crippen LogP contribution in [0.1, 0.15) is 28.6 Å². The fraction of sp³-hybridized carbons (Fsp3) is 0.107. The normalized spacial score (nSPS) is 12.1. The lowest BCUT2D eigenvalue weighted by atomic mass is 10.1. The zero-order valence-corrected chi connectivity index (χ0v) is 17.3. The highest BCUT2D eigenvalue weighted by atomic mass is 16.5. The molecule has 1 atom stereocenters. The van der Waals surface area contributed by atoms with E-state index in [1.165, 1.54) is 5.56 Å². The number of nitrogens with zero attached hydrogens (tertiary/aromatic N) is 2. The molecule has 1 aromatic heterocycles. The van der Waals surface area contributed by atoms with E-state index in [0.717, 1.165) is 34.5 Å². The highest BCUT2D eigenvalue weighted by molar-refractivity contribution is 5.76. The summed E-state index contributed by atoms with van der Waals surface area (Å²) in [6, 6.07) is 39.5.